The van der Waals surface area contributed by atoms with Crippen molar-refractivity contribution in [2.24, 2.45) is 4.99 Å². The monoisotopic (exact) mass is 440 g/mol. The highest BCUT2D eigenvalue weighted by Gasteiger charge is 2.32. The van der Waals surface area contributed by atoms with Gasteiger partial charge in [-0.2, -0.15) is 0 Å². The molecule has 0 atom stereocenters. The highest BCUT2D eigenvalue weighted by atomic mass is 32.2. The molecule has 162 valence electrons. The van der Waals surface area contributed by atoms with Crippen LogP contribution in [0.1, 0.15) is 19.4 Å². The summed E-state index contributed by atoms with van der Waals surface area (Å²) in [6.07, 6.45) is 1.69. The third-order valence-electron chi connectivity index (χ3n) is 4.26. The molecule has 1 amide bonds. The van der Waals surface area contributed by atoms with Crippen LogP contribution < -0.4 is 14.4 Å². The van der Waals surface area contributed by atoms with Crippen LogP contribution in [0, 0.1) is 0 Å². The van der Waals surface area contributed by atoms with E-state index in [9.17, 15) is 9.59 Å². The minimum atomic E-state index is -0.357. The van der Waals surface area contributed by atoms with E-state index >= 15 is 0 Å². The molecular formula is C23H24N2O5S. The summed E-state index contributed by atoms with van der Waals surface area (Å²) < 4.78 is 15.9. The standard InChI is InChI=1S/C23H24N2O5S/c1-4-29-19-12-11-16(14-20(19)28-3)13-18-22(27)25(17-9-7-6-8-10-17)23(24-18)31-15-21(26)30-5-2/h6-14H,4-5,15H2,1-3H3/b18-13+. The Hall–Kier alpha value is -3.26. The van der Waals surface area contributed by atoms with Gasteiger partial charge in [-0.25, -0.2) is 4.99 Å². The Bertz CT molecular complexity index is 1000. The van der Waals surface area contributed by atoms with Crippen molar-refractivity contribution >= 4 is 40.6 Å². The zero-order valence-corrected chi connectivity index (χ0v) is 18.5. The number of hydrogen-bond donors (Lipinski definition) is 0. The molecule has 0 N–H and O–H groups in total. The van der Waals surface area contributed by atoms with Gasteiger partial charge in [0, 0.05) is 0 Å². The quantitative estimate of drug-likeness (QED) is 0.454. The summed E-state index contributed by atoms with van der Waals surface area (Å²) in [5.41, 5.74) is 1.69. The van der Waals surface area contributed by atoms with E-state index in [2.05, 4.69) is 4.99 Å². The van der Waals surface area contributed by atoms with Crippen LogP contribution in [0.3, 0.4) is 0 Å². The summed E-state index contributed by atoms with van der Waals surface area (Å²) in [7, 11) is 1.56. The lowest BCUT2D eigenvalue weighted by atomic mass is 10.1. The van der Waals surface area contributed by atoms with Crippen molar-refractivity contribution in [1.29, 1.82) is 0 Å². The predicted molar refractivity (Wildman–Crippen MR) is 123 cm³/mol. The molecule has 7 nitrogen and oxygen atoms in total. The lowest BCUT2D eigenvalue weighted by Crippen LogP contribution is -2.30. The molecule has 2 aromatic rings. The van der Waals surface area contributed by atoms with Crippen LogP contribution in [0.25, 0.3) is 6.08 Å². The molecule has 0 saturated heterocycles. The maximum atomic E-state index is 13.2. The number of carbonyl (C=O) groups excluding carboxylic acids is 2. The van der Waals surface area contributed by atoms with Crippen molar-refractivity contribution in [3.63, 3.8) is 0 Å². The Labute approximate surface area is 185 Å². The van der Waals surface area contributed by atoms with Crippen LogP contribution in [0.5, 0.6) is 11.5 Å². The number of thioether (sulfide) groups is 1. The Morgan fingerprint density at radius 2 is 1.87 bits per heavy atom. The van der Waals surface area contributed by atoms with Gasteiger partial charge in [0.2, 0.25) is 0 Å². The van der Waals surface area contributed by atoms with Crippen molar-refractivity contribution in [2.45, 2.75) is 13.8 Å². The zero-order chi connectivity index (χ0) is 22.2. The maximum Gasteiger partial charge on any atom is 0.316 e. The minimum Gasteiger partial charge on any atom is -0.493 e. The second kappa shape index (κ2) is 10.7. The second-order valence-corrected chi connectivity index (χ2v) is 7.28. The van der Waals surface area contributed by atoms with Crippen LogP contribution in [0.15, 0.2) is 59.2 Å². The van der Waals surface area contributed by atoms with Crippen molar-refractivity contribution in [3.05, 3.63) is 59.8 Å². The van der Waals surface area contributed by atoms with E-state index < -0.39 is 0 Å². The summed E-state index contributed by atoms with van der Waals surface area (Å²) in [4.78, 5) is 31.0. The third kappa shape index (κ3) is 5.46. The number of amides is 1. The van der Waals surface area contributed by atoms with Gasteiger partial charge >= 0.3 is 5.97 Å². The summed E-state index contributed by atoms with van der Waals surface area (Å²) in [6, 6.07) is 14.6. The molecule has 1 heterocycles. The predicted octanol–water partition coefficient (Wildman–Crippen LogP) is 4.13. The van der Waals surface area contributed by atoms with Gasteiger partial charge in [0.15, 0.2) is 16.7 Å². The first-order chi connectivity index (χ1) is 15.1. The Morgan fingerprint density at radius 1 is 1.10 bits per heavy atom. The highest BCUT2D eigenvalue weighted by Crippen LogP contribution is 2.32. The summed E-state index contributed by atoms with van der Waals surface area (Å²) in [5, 5.41) is 0.424. The van der Waals surface area contributed by atoms with Crippen LogP contribution >= 0.6 is 11.8 Å². The molecule has 0 unspecified atom stereocenters. The molecule has 0 fully saturated rings. The molecule has 8 heteroatoms. The maximum absolute atomic E-state index is 13.2. The number of methoxy groups -OCH3 is 1. The average Bonchev–Trinajstić information content (AvgIpc) is 3.09. The number of amidine groups is 1. The SMILES string of the molecule is CCOC(=O)CSC1=N/C(=C/c2ccc(OCC)c(OC)c2)C(=O)N1c1ccccc1. The summed E-state index contributed by atoms with van der Waals surface area (Å²) in [5.74, 6) is 0.634. The average molecular weight is 441 g/mol. The fraction of sp³-hybridized carbons (Fsp3) is 0.261. The first-order valence-corrected chi connectivity index (χ1v) is 10.8. The fourth-order valence-electron chi connectivity index (χ4n) is 2.93. The van der Waals surface area contributed by atoms with Crippen LogP contribution in [-0.4, -0.2) is 43.1 Å². The number of ether oxygens (including phenoxy) is 3. The highest BCUT2D eigenvalue weighted by molar-refractivity contribution is 8.14. The second-order valence-electron chi connectivity index (χ2n) is 6.34. The number of hydrogen-bond acceptors (Lipinski definition) is 7. The van der Waals surface area contributed by atoms with Crippen LogP contribution in [0.4, 0.5) is 5.69 Å². The molecule has 0 aliphatic carbocycles. The fourth-order valence-corrected chi connectivity index (χ4v) is 3.74. The molecule has 0 saturated carbocycles. The van der Waals surface area contributed by atoms with Gasteiger partial charge in [-0.3, -0.25) is 14.5 Å². The van der Waals surface area contributed by atoms with Gasteiger partial charge < -0.3 is 14.2 Å². The number of carbonyl (C=O) groups is 2. The molecule has 0 bridgehead atoms. The molecule has 2 aromatic carbocycles. The first kappa shape index (κ1) is 22.4. The van der Waals surface area contributed by atoms with Gasteiger partial charge in [0.25, 0.3) is 5.91 Å². The van der Waals surface area contributed by atoms with Gasteiger partial charge in [-0.15, -0.1) is 0 Å². The molecule has 31 heavy (non-hydrogen) atoms. The molecule has 0 aromatic heterocycles. The van der Waals surface area contributed by atoms with Crippen molar-refractivity contribution < 1.29 is 23.8 Å². The number of para-hydroxylation sites is 1. The molecule has 3 rings (SSSR count). The smallest absolute Gasteiger partial charge is 0.316 e. The molecule has 1 aliphatic heterocycles. The van der Waals surface area contributed by atoms with Crippen molar-refractivity contribution in [2.75, 3.05) is 31.0 Å². The Balaban J connectivity index is 1.92. The van der Waals surface area contributed by atoms with E-state index in [0.717, 1.165) is 17.3 Å². The van der Waals surface area contributed by atoms with E-state index in [1.807, 2.05) is 43.3 Å². The lowest BCUT2D eigenvalue weighted by molar-refractivity contribution is -0.139. The van der Waals surface area contributed by atoms with E-state index in [1.54, 1.807) is 32.2 Å². The normalized spacial score (nSPS) is 14.5. The molecule has 0 spiro atoms. The van der Waals surface area contributed by atoms with Crippen molar-refractivity contribution in [3.8, 4) is 11.5 Å². The largest absolute Gasteiger partial charge is 0.493 e. The number of esters is 1. The number of anilines is 1. The summed E-state index contributed by atoms with van der Waals surface area (Å²) >= 11 is 1.16. The van der Waals surface area contributed by atoms with Crippen LogP contribution in [-0.2, 0) is 14.3 Å². The van der Waals surface area contributed by atoms with Gasteiger partial charge in [-0.1, -0.05) is 36.0 Å². The van der Waals surface area contributed by atoms with Gasteiger partial charge in [0.05, 0.1) is 31.8 Å². The minimum absolute atomic E-state index is 0.0629. The zero-order valence-electron chi connectivity index (χ0n) is 17.7. The topological polar surface area (TPSA) is 77.4 Å². The van der Waals surface area contributed by atoms with E-state index in [4.69, 9.17) is 14.2 Å². The van der Waals surface area contributed by atoms with Gasteiger partial charge in [0.1, 0.15) is 5.70 Å². The molecule has 1 aliphatic rings. The van der Waals surface area contributed by atoms with E-state index in [1.165, 1.54) is 4.90 Å². The Kier molecular flexibility index (Phi) is 7.72. The van der Waals surface area contributed by atoms with Crippen molar-refractivity contribution in [1.82, 2.24) is 0 Å². The first-order valence-electron chi connectivity index (χ1n) is 9.86. The van der Waals surface area contributed by atoms with Crippen LogP contribution in [0.2, 0.25) is 0 Å². The number of benzene rings is 2. The summed E-state index contributed by atoms with van der Waals surface area (Å²) in [6.45, 7) is 4.47. The number of nitrogens with zero attached hydrogens (tertiary/aromatic N) is 2. The molecule has 0 radical (unpaired) electrons. The lowest BCUT2D eigenvalue weighted by Gasteiger charge is -2.17. The van der Waals surface area contributed by atoms with E-state index in [-0.39, 0.29) is 23.3 Å². The number of rotatable bonds is 8. The Morgan fingerprint density at radius 3 is 2.55 bits per heavy atom. The number of aliphatic imine (C=N–C) groups is 1. The third-order valence-corrected chi connectivity index (χ3v) is 5.17. The van der Waals surface area contributed by atoms with E-state index in [0.29, 0.717) is 35.6 Å². The van der Waals surface area contributed by atoms with Gasteiger partial charge in [-0.05, 0) is 49.8 Å². The molecular weight excluding hydrogens is 416 g/mol.